The van der Waals surface area contributed by atoms with Gasteiger partial charge in [0.05, 0.1) is 0 Å². The number of aryl methyl sites for hydroxylation is 1. The molecule has 0 bridgehead atoms. The topological polar surface area (TPSA) is 108 Å². The first-order chi connectivity index (χ1) is 17.0. The molecular formula is C27H45N3O5S. The quantitative estimate of drug-likeness (QED) is 0.205. The van der Waals surface area contributed by atoms with Crippen LogP contribution < -0.4 is 10.6 Å². The zero-order chi connectivity index (χ0) is 27.3. The molecule has 0 heterocycles. The van der Waals surface area contributed by atoms with E-state index in [2.05, 4.69) is 37.1 Å². The number of unbranched alkanes of at least 4 members (excludes halogenated alkanes) is 4. The zero-order valence-corrected chi connectivity index (χ0v) is 23.6. The summed E-state index contributed by atoms with van der Waals surface area (Å²) in [5.74, 6) is -0.830. The van der Waals surface area contributed by atoms with E-state index in [-0.39, 0.29) is 24.0 Å². The van der Waals surface area contributed by atoms with Gasteiger partial charge in [-0.15, -0.1) is 0 Å². The first kappa shape index (κ1) is 31.6. The van der Waals surface area contributed by atoms with E-state index in [1.54, 1.807) is 45.9 Å². The average Bonchev–Trinajstić information content (AvgIpc) is 2.80. The van der Waals surface area contributed by atoms with E-state index < -0.39 is 29.7 Å². The van der Waals surface area contributed by atoms with Gasteiger partial charge in [-0.1, -0.05) is 57.7 Å². The van der Waals surface area contributed by atoms with Gasteiger partial charge in [-0.3, -0.25) is 9.59 Å². The molecule has 36 heavy (non-hydrogen) atoms. The molecule has 0 fully saturated rings. The second kappa shape index (κ2) is 15.6. The third-order valence-electron chi connectivity index (χ3n) is 5.66. The number of para-hydroxylation sites is 1. The number of benzene rings is 1. The number of nitrogens with zero attached hydrogens (tertiary/aromatic N) is 1. The molecule has 0 radical (unpaired) electrons. The van der Waals surface area contributed by atoms with Crippen molar-refractivity contribution >= 4 is 30.5 Å². The van der Waals surface area contributed by atoms with Crippen LogP contribution in [0, 0.1) is 6.92 Å². The SMILES string of the molecule is CCCCCNC(=O)C(c1cccc(C)c1O)N(CCCCC)C(=O)C(CS)NC(=O)OC(C)(C)C. The molecule has 3 N–H and O–H groups in total. The van der Waals surface area contributed by atoms with Crippen molar-refractivity contribution in [3.05, 3.63) is 29.3 Å². The first-order valence-corrected chi connectivity index (χ1v) is 13.6. The minimum absolute atomic E-state index is 0.0208. The Morgan fingerprint density at radius 2 is 1.72 bits per heavy atom. The van der Waals surface area contributed by atoms with Gasteiger partial charge < -0.3 is 25.4 Å². The Bertz CT molecular complexity index is 856. The molecule has 9 heteroatoms. The second-order valence-corrected chi connectivity index (χ2v) is 10.4. The lowest BCUT2D eigenvalue weighted by molar-refractivity contribution is -0.142. The molecular weight excluding hydrogens is 478 g/mol. The van der Waals surface area contributed by atoms with Gasteiger partial charge in [-0.05, 0) is 46.1 Å². The average molecular weight is 524 g/mol. The van der Waals surface area contributed by atoms with Crippen LogP contribution in [0.15, 0.2) is 18.2 Å². The number of ether oxygens (including phenoxy) is 1. The summed E-state index contributed by atoms with van der Waals surface area (Å²) in [6.07, 6.45) is 4.53. The summed E-state index contributed by atoms with van der Waals surface area (Å²) in [4.78, 5) is 41.2. The van der Waals surface area contributed by atoms with Gasteiger partial charge in [0.25, 0.3) is 0 Å². The number of carbonyl (C=O) groups is 3. The highest BCUT2D eigenvalue weighted by atomic mass is 32.1. The molecule has 8 nitrogen and oxygen atoms in total. The summed E-state index contributed by atoms with van der Waals surface area (Å²) in [6, 6.07) is 3.10. The lowest BCUT2D eigenvalue weighted by atomic mass is 9.99. The lowest BCUT2D eigenvalue weighted by Gasteiger charge is -2.34. The molecule has 1 aromatic rings. The number of aromatic hydroxyl groups is 1. The summed E-state index contributed by atoms with van der Waals surface area (Å²) in [5.41, 5.74) is 0.224. The number of thiol groups is 1. The molecule has 0 spiro atoms. The van der Waals surface area contributed by atoms with Crippen molar-refractivity contribution in [3.8, 4) is 5.75 Å². The van der Waals surface area contributed by atoms with Crippen molar-refractivity contribution in [2.24, 2.45) is 0 Å². The Balaban J connectivity index is 3.40. The summed E-state index contributed by atoms with van der Waals surface area (Å²) in [5, 5.41) is 16.4. The van der Waals surface area contributed by atoms with Crippen LogP contribution in [0.1, 0.15) is 90.3 Å². The van der Waals surface area contributed by atoms with Crippen molar-refractivity contribution in [1.29, 1.82) is 0 Å². The molecule has 2 atom stereocenters. The molecule has 2 unspecified atom stereocenters. The highest BCUT2D eigenvalue weighted by Crippen LogP contribution is 2.32. The van der Waals surface area contributed by atoms with Gasteiger partial charge in [0.2, 0.25) is 11.8 Å². The van der Waals surface area contributed by atoms with Crippen molar-refractivity contribution in [3.63, 3.8) is 0 Å². The molecule has 0 saturated carbocycles. The third kappa shape index (κ3) is 10.3. The highest BCUT2D eigenvalue weighted by Gasteiger charge is 2.37. The highest BCUT2D eigenvalue weighted by molar-refractivity contribution is 7.80. The predicted molar refractivity (Wildman–Crippen MR) is 146 cm³/mol. The number of hydrogen-bond donors (Lipinski definition) is 4. The minimum atomic E-state index is -1.06. The molecule has 1 aromatic carbocycles. The van der Waals surface area contributed by atoms with Crippen LogP contribution in [-0.2, 0) is 14.3 Å². The third-order valence-corrected chi connectivity index (χ3v) is 6.03. The summed E-state index contributed by atoms with van der Waals surface area (Å²) in [7, 11) is 0. The Kier molecular flexibility index (Phi) is 13.7. The van der Waals surface area contributed by atoms with Crippen molar-refractivity contribution < 1.29 is 24.2 Å². The van der Waals surface area contributed by atoms with Crippen LogP contribution in [0.2, 0.25) is 0 Å². The number of hydrogen-bond acceptors (Lipinski definition) is 6. The maximum absolute atomic E-state index is 13.8. The fourth-order valence-corrected chi connectivity index (χ4v) is 4.02. The summed E-state index contributed by atoms with van der Waals surface area (Å²) < 4.78 is 5.33. The van der Waals surface area contributed by atoms with E-state index in [0.29, 0.717) is 24.1 Å². The van der Waals surface area contributed by atoms with E-state index in [0.717, 1.165) is 32.1 Å². The summed E-state index contributed by atoms with van der Waals surface area (Å²) >= 11 is 4.30. The van der Waals surface area contributed by atoms with E-state index in [1.807, 2.05) is 0 Å². The fraction of sp³-hybridized carbons (Fsp3) is 0.667. The number of rotatable bonds is 14. The number of nitrogens with one attached hydrogen (secondary N) is 2. The number of alkyl carbamates (subject to hydrolysis) is 1. The largest absolute Gasteiger partial charge is 0.507 e. The van der Waals surface area contributed by atoms with Crippen LogP contribution in [0.4, 0.5) is 4.79 Å². The van der Waals surface area contributed by atoms with Gasteiger partial charge in [0.15, 0.2) is 0 Å². The monoisotopic (exact) mass is 523 g/mol. The zero-order valence-electron chi connectivity index (χ0n) is 22.7. The van der Waals surface area contributed by atoms with Crippen LogP contribution in [0.5, 0.6) is 5.75 Å². The second-order valence-electron chi connectivity index (χ2n) is 10.0. The molecule has 1 rings (SSSR count). The van der Waals surface area contributed by atoms with E-state index >= 15 is 0 Å². The predicted octanol–water partition coefficient (Wildman–Crippen LogP) is 4.89. The van der Waals surface area contributed by atoms with E-state index in [9.17, 15) is 19.5 Å². The van der Waals surface area contributed by atoms with E-state index in [4.69, 9.17) is 4.74 Å². The Morgan fingerprint density at radius 1 is 1.08 bits per heavy atom. The van der Waals surface area contributed by atoms with Crippen molar-refractivity contribution in [2.75, 3.05) is 18.8 Å². The Labute approximate surface area is 222 Å². The van der Waals surface area contributed by atoms with Gasteiger partial charge in [-0.25, -0.2) is 4.79 Å². The maximum atomic E-state index is 13.8. The Hall–Kier alpha value is -2.42. The van der Waals surface area contributed by atoms with Crippen molar-refractivity contribution in [2.45, 2.75) is 97.8 Å². The molecule has 3 amide bonds. The first-order valence-electron chi connectivity index (χ1n) is 12.9. The van der Waals surface area contributed by atoms with Gasteiger partial charge in [0.1, 0.15) is 23.4 Å². The fourth-order valence-electron chi connectivity index (χ4n) is 3.77. The molecule has 204 valence electrons. The number of phenols is 1. The number of carbonyl (C=O) groups excluding carboxylic acids is 3. The van der Waals surface area contributed by atoms with E-state index in [1.165, 1.54) is 4.90 Å². The van der Waals surface area contributed by atoms with Gasteiger partial charge >= 0.3 is 6.09 Å². The van der Waals surface area contributed by atoms with Crippen LogP contribution in [0.25, 0.3) is 0 Å². The molecule has 0 aliphatic rings. The number of phenolic OH excluding ortho intramolecular Hbond substituents is 1. The molecule has 0 saturated heterocycles. The van der Waals surface area contributed by atoms with Crippen LogP contribution >= 0.6 is 12.6 Å². The van der Waals surface area contributed by atoms with Crippen molar-refractivity contribution in [1.82, 2.24) is 15.5 Å². The van der Waals surface area contributed by atoms with Crippen LogP contribution in [-0.4, -0.2) is 58.4 Å². The lowest BCUT2D eigenvalue weighted by Crippen LogP contribution is -2.54. The normalized spacial score (nSPS) is 13.0. The molecule has 0 aromatic heterocycles. The summed E-state index contributed by atoms with van der Waals surface area (Å²) in [6.45, 7) is 11.8. The maximum Gasteiger partial charge on any atom is 0.408 e. The van der Waals surface area contributed by atoms with Crippen LogP contribution in [0.3, 0.4) is 0 Å². The van der Waals surface area contributed by atoms with Gasteiger partial charge in [-0.2, -0.15) is 12.6 Å². The minimum Gasteiger partial charge on any atom is -0.507 e. The Morgan fingerprint density at radius 3 is 2.31 bits per heavy atom. The molecule has 0 aliphatic heterocycles. The number of amides is 3. The van der Waals surface area contributed by atoms with Gasteiger partial charge in [0, 0.05) is 24.4 Å². The molecule has 0 aliphatic carbocycles. The standard InChI is InChI=1S/C27H45N3O5S/c1-7-9-11-16-28-24(32)22(20-15-13-14-19(3)23(20)31)30(17-12-10-8-2)25(33)21(18-36)29-26(34)35-27(4,5)6/h13-15,21-22,31,36H,7-12,16-18H2,1-6H3,(H,28,32)(H,29,34). The smallest absolute Gasteiger partial charge is 0.408 e.